The molecule has 1 aromatic carbocycles. The lowest BCUT2D eigenvalue weighted by Crippen LogP contribution is -2.14. The van der Waals surface area contributed by atoms with Gasteiger partial charge in [-0.3, -0.25) is 4.72 Å². The van der Waals surface area contributed by atoms with Gasteiger partial charge in [0.15, 0.2) is 5.76 Å². The van der Waals surface area contributed by atoms with Gasteiger partial charge in [-0.05, 0) is 48.4 Å². The Labute approximate surface area is 169 Å². The molecular formula is C19H16ClN5O2S. The maximum atomic E-state index is 12.6. The number of furan rings is 1. The number of nitrogens with one attached hydrogen (secondary N) is 1. The standard InChI is InChI=1S/C19H16ClN5O2S/c20-15-8-6-14(7-9-15)10-13-28(26)24-19-23-22-18(16-4-3-12-27-16)25(19)17-5-1-2-11-21-17/h1-9,11-12H,10,13H2,(H,23,24). The van der Waals surface area contributed by atoms with E-state index in [1.807, 2.05) is 42.5 Å². The first-order valence-electron chi connectivity index (χ1n) is 8.51. The van der Waals surface area contributed by atoms with Gasteiger partial charge in [0.1, 0.15) is 16.8 Å². The minimum absolute atomic E-state index is 0.333. The number of hydrogen-bond acceptors (Lipinski definition) is 5. The van der Waals surface area contributed by atoms with Crippen molar-refractivity contribution < 1.29 is 8.63 Å². The Hall–Kier alpha value is -2.97. The second-order valence-electron chi connectivity index (χ2n) is 5.88. The molecule has 0 aliphatic rings. The zero-order valence-corrected chi connectivity index (χ0v) is 16.2. The van der Waals surface area contributed by atoms with Crippen molar-refractivity contribution in [2.45, 2.75) is 6.42 Å². The average molecular weight is 414 g/mol. The molecule has 7 nitrogen and oxygen atoms in total. The number of hydrogen-bond donors (Lipinski definition) is 1. The molecule has 0 saturated heterocycles. The molecular weight excluding hydrogens is 398 g/mol. The summed E-state index contributed by atoms with van der Waals surface area (Å²) in [6.45, 7) is 0. The van der Waals surface area contributed by atoms with Gasteiger partial charge in [0.25, 0.3) is 0 Å². The summed E-state index contributed by atoms with van der Waals surface area (Å²) in [7, 11) is -1.36. The van der Waals surface area contributed by atoms with E-state index in [2.05, 4.69) is 19.9 Å². The molecule has 1 atom stereocenters. The first-order chi connectivity index (χ1) is 13.7. The van der Waals surface area contributed by atoms with Crippen LogP contribution in [0.15, 0.2) is 71.5 Å². The minimum Gasteiger partial charge on any atom is -0.461 e. The summed E-state index contributed by atoms with van der Waals surface area (Å²) in [5.74, 6) is 2.35. The molecule has 0 fully saturated rings. The third-order valence-electron chi connectivity index (χ3n) is 3.98. The van der Waals surface area contributed by atoms with Crippen molar-refractivity contribution in [1.29, 1.82) is 0 Å². The third-order valence-corrected chi connectivity index (χ3v) is 5.21. The van der Waals surface area contributed by atoms with Crippen LogP contribution in [0.4, 0.5) is 5.95 Å². The van der Waals surface area contributed by atoms with E-state index < -0.39 is 11.0 Å². The summed E-state index contributed by atoms with van der Waals surface area (Å²) in [5.41, 5.74) is 1.06. The summed E-state index contributed by atoms with van der Waals surface area (Å²) < 4.78 is 22.6. The fraction of sp³-hybridized carbons (Fsp3) is 0.105. The van der Waals surface area contributed by atoms with Gasteiger partial charge in [-0.15, -0.1) is 10.2 Å². The summed E-state index contributed by atoms with van der Waals surface area (Å²) in [5, 5.41) is 9.01. The Morgan fingerprint density at radius 2 is 1.93 bits per heavy atom. The molecule has 3 heterocycles. The lowest BCUT2D eigenvalue weighted by Gasteiger charge is -2.09. The van der Waals surface area contributed by atoms with Crippen LogP contribution in [0.5, 0.6) is 0 Å². The highest BCUT2D eigenvalue weighted by molar-refractivity contribution is 7.86. The Bertz CT molecular complexity index is 1070. The molecule has 142 valence electrons. The topological polar surface area (TPSA) is 85.8 Å². The first kappa shape index (κ1) is 18.4. The highest BCUT2D eigenvalue weighted by Crippen LogP contribution is 2.24. The number of halogens is 1. The molecule has 0 aliphatic carbocycles. The number of nitrogens with zero attached hydrogens (tertiary/aromatic N) is 4. The molecule has 0 amide bonds. The highest BCUT2D eigenvalue weighted by Gasteiger charge is 2.19. The molecule has 0 saturated carbocycles. The van der Waals surface area contributed by atoms with Crippen LogP contribution in [0.2, 0.25) is 5.02 Å². The number of anilines is 1. The van der Waals surface area contributed by atoms with Gasteiger partial charge in [0.2, 0.25) is 11.8 Å². The fourth-order valence-electron chi connectivity index (χ4n) is 2.63. The van der Waals surface area contributed by atoms with Crippen LogP contribution in [0.3, 0.4) is 0 Å². The van der Waals surface area contributed by atoms with Crippen LogP contribution in [-0.4, -0.2) is 29.7 Å². The zero-order chi connectivity index (χ0) is 19.3. The minimum atomic E-state index is -1.36. The molecule has 1 N–H and O–H groups in total. The number of aryl methyl sites for hydroxylation is 1. The van der Waals surface area contributed by atoms with Gasteiger partial charge in [0.05, 0.1) is 6.26 Å². The number of aromatic nitrogens is 4. The number of pyridine rings is 1. The molecule has 28 heavy (non-hydrogen) atoms. The second-order valence-corrected chi connectivity index (χ2v) is 7.62. The van der Waals surface area contributed by atoms with Crippen LogP contribution in [0.25, 0.3) is 17.4 Å². The summed E-state index contributed by atoms with van der Waals surface area (Å²) in [6, 6.07) is 16.5. The quantitative estimate of drug-likeness (QED) is 0.496. The average Bonchev–Trinajstić information content (AvgIpc) is 3.38. The van der Waals surface area contributed by atoms with Crippen molar-refractivity contribution in [2.24, 2.45) is 0 Å². The molecule has 9 heteroatoms. The van der Waals surface area contributed by atoms with E-state index in [1.165, 1.54) is 0 Å². The van der Waals surface area contributed by atoms with Crippen LogP contribution in [0, 0.1) is 0 Å². The monoisotopic (exact) mass is 413 g/mol. The van der Waals surface area contributed by atoms with E-state index in [0.717, 1.165) is 5.56 Å². The van der Waals surface area contributed by atoms with E-state index >= 15 is 0 Å². The van der Waals surface area contributed by atoms with E-state index in [9.17, 15) is 4.21 Å². The highest BCUT2D eigenvalue weighted by atomic mass is 35.5. The van der Waals surface area contributed by atoms with Crippen molar-refractivity contribution in [3.63, 3.8) is 0 Å². The molecule has 1 unspecified atom stereocenters. The summed E-state index contributed by atoms with van der Waals surface area (Å²) >= 11 is 5.90. The summed E-state index contributed by atoms with van der Waals surface area (Å²) in [4.78, 5) is 4.35. The van der Waals surface area contributed by atoms with Crippen molar-refractivity contribution >= 4 is 28.5 Å². The normalized spacial score (nSPS) is 12.0. The molecule has 0 spiro atoms. The Morgan fingerprint density at radius 1 is 1.07 bits per heavy atom. The van der Waals surface area contributed by atoms with Gasteiger partial charge in [-0.1, -0.05) is 29.8 Å². The van der Waals surface area contributed by atoms with E-state index in [1.54, 1.807) is 29.2 Å². The maximum Gasteiger partial charge on any atom is 0.242 e. The SMILES string of the molecule is O=S(CCc1ccc(Cl)cc1)Nc1nnc(-c2ccco2)n1-c1ccccn1. The molecule has 0 radical (unpaired) electrons. The van der Waals surface area contributed by atoms with Gasteiger partial charge >= 0.3 is 0 Å². The third kappa shape index (κ3) is 4.13. The van der Waals surface area contributed by atoms with Gasteiger partial charge in [0, 0.05) is 17.0 Å². The predicted molar refractivity (Wildman–Crippen MR) is 109 cm³/mol. The summed E-state index contributed by atoms with van der Waals surface area (Å²) in [6.07, 6.45) is 3.87. The fourth-order valence-corrected chi connectivity index (χ4v) is 3.62. The van der Waals surface area contributed by atoms with Gasteiger partial charge < -0.3 is 4.42 Å². The lowest BCUT2D eigenvalue weighted by molar-refractivity contribution is 0.575. The van der Waals surface area contributed by atoms with Crippen LogP contribution in [-0.2, 0) is 17.4 Å². The zero-order valence-electron chi connectivity index (χ0n) is 14.7. The molecule has 0 bridgehead atoms. The number of benzene rings is 1. The van der Waals surface area contributed by atoms with E-state index in [0.29, 0.717) is 40.5 Å². The van der Waals surface area contributed by atoms with E-state index in [4.69, 9.17) is 16.0 Å². The van der Waals surface area contributed by atoms with Crippen molar-refractivity contribution in [1.82, 2.24) is 19.7 Å². The van der Waals surface area contributed by atoms with E-state index in [-0.39, 0.29) is 0 Å². The van der Waals surface area contributed by atoms with Crippen LogP contribution >= 0.6 is 11.6 Å². The maximum absolute atomic E-state index is 12.6. The Balaban J connectivity index is 1.56. The smallest absolute Gasteiger partial charge is 0.242 e. The molecule has 4 rings (SSSR count). The Kier molecular flexibility index (Phi) is 5.50. The predicted octanol–water partition coefficient (Wildman–Crippen LogP) is 3.89. The largest absolute Gasteiger partial charge is 0.461 e. The van der Waals surface area contributed by atoms with Crippen LogP contribution in [0.1, 0.15) is 5.56 Å². The van der Waals surface area contributed by atoms with Crippen molar-refractivity contribution in [2.75, 3.05) is 10.5 Å². The molecule has 3 aromatic heterocycles. The van der Waals surface area contributed by atoms with Gasteiger partial charge in [-0.2, -0.15) is 0 Å². The van der Waals surface area contributed by atoms with Crippen LogP contribution < -0.4 is 4.72 Å². The van der Waals surface area contributed by atoms with Crippen molar-refractivity contribution in [3.8, 4) is 17.4 Å². The van der Waals surface area contributed by atoms with Gasteiger partial charge in [-0.25, -0.2) is 13.8 Å². The van der Waals surface area contributed by atoms with Crippen molar-refractivity contribution in [3.05, 3.63) is 77.6 Å². The second kappa shape index (κ2) is 8.37. The lowest BCUT2D eigenvalue weighted by atomic mass is 10.2. The molecule has 0 aliphatic heterocycles. The number of rotatable bonds is 7. The first-order valence-corrected chi connectivity index (χ1v) is 10.2. The Morgan fingerprint density at radius 3 is 2.64 bits per heavy atom. The molecule has 4 aromatic rings.